The van der Waals surface area contributed by atoms with Gasteiger partial charge in [-0.3, -0.25) is 0 Å². The highest BCUT2D eigenvalue weighted by molar-refractivity contribution is 7.89. The van der Waals surface area contributed by atoms with Gasteiger partial charge in [0.15, 0.2) is 0 Å². The average molecular weight is 328 g/mol. The van der Waals surface area contributed by atoms with Crippen LogP contribution in [0.5, 0.6) is 0 Å². The molecule has 116 valence electrons. The Hall–Kier alpha value is -1.22. The van der Waals surface area contributed by atoms with Crippen molar-refractivity contribution >= 4 is 21.4 Å². The Labute approximate surface area is 129 Å². The average Bonchev–Trinajstić information content (AvgIpc) is 3.04. The molecule has 0 amide bonds. The molecule has 0 saturated carbocycles. The lowest BCUT2D eigenvalue weighted by Gasteiger charge is -2.03. The van der Waals surface area contributed by atoms with Gasteiger partial charge in [0.25, 0.3) is 0 Å². The van der Waals surface area contributed by atoms with E-state index in [1.807, 2.05) is 25.5 Å². The molecular formula is C13H20N4O2S2. The van der Waals surface area contributed by atoms with Gasteiger partial charge in [0.2, 0.25) is 10.0 Å². The molecule has 0 aliphatic heterocycles. The van der Waals surface area contributed by atoms with Crippen molar-refractivity contribution in [2.45, 2.75) is 38.4 Å². The summed E-state index contributed by atoms with van der Waals surface area (Å²) in [6.07, 6.45) is 3.41. The van der Waals surface area contributed by atoms with Gasteiger partial charge in [-0.2, -0.15) is 0 Å². The summed E-state index contributed by atoms with van der Waals surface area (Å²) in [5.41, 5.74) is 0.950. The van der Waals surface area contributed by atoms with Gasteiger partial charge < -0.3 is 9.88 Å². The largest absolute Gasteiger partial charge is 0.349 e. The maximum absolute atomic E-state index is 12.3. The van der Waals surface area contributed by atoms with E-state index in [2.05, 4.69) is 15.0 Å². The van der Waals surface area contributed by atoms with E-state index in [0.717, 1.165) is 22.1 Å². The molecule has 21 heavy (non-hydrogen) atoms. The number of nitrogens with one attached hydrogen (secondary N) is 2. The molecule has 2 rings (SSSR count). The SMILES string of the molecule is CCn1cc(S(=O)(=O)NCc2ncc(C)s2)cc1CNC. The predicted octanol–water partition coefficient (Wildman–Crippen LogP) is 1.47. The molecule has 2 aromatic rings. The van der Waals surface area contributed by atoms with E-state index in [-0.39, 0.29) is 6.54 Å². The van der Waals surface area contributed by atoms with Crippen LogP contribution >= 0.6 is 11.3 Å². The molecule has 2 heterocycles. The first kappa shape index (κ1) is 16.2. The lowest BCUT2D eigenvalue weighted by molar-refractivity contribution is 0.580. The fourth-order valence-corrected chi connectivity index (χ4v) is 3.89. The molecule has 0 aliphatic rings. The number of aromatic nitrogens is 2. The molecule has 2 N–H and O–H groups in total. The Balaban J connectivity index is 2.15. The monoisotopic (exact) mass is 328 g/mol. The third-order valence-electron chi connectivity index (χ3n) is 3.05. The smallest absolute Gasteiger partial charge is 0.242 e. The van der Waals surface area contributed by atoms with Crippen molar-refractivity contribution in [1.82, 2.24) is 19.6 Å². The van der Waals surface area contributed by atoms with E-state index >= 15 is 0 Å². The molecule has 6 nitrogen and oxygen atoms in total. The Kier molecular flexibility index (Phi) is 5.15. The van der Waals surface area contributed by atoms with Crippen molar-refractivity contribution in [3.8, 4) is 0 Å². The van der Waals surface area contributed by atoms with Crippen molar-refractivity contribution in [2.75, 3.05) is 7.05 Å². The van der Waals surface area contributed by atoms with Gasteiger partial charge in [0.1, 0.15) is 5.01 Å². The summed E-state index contributed by atoms with van der Waals surface area (Å²) in [7, 11) is -1.67. The second-order valence-corrected chi connectivity index (χ2v) is 7.76. The van der Waals surface area contributed by atoms with Crippen LogP contribution in [-0.2, 0) is 29.7 Å². The third-order valence-corrected chi connectivity index (χ3v) is 5.33. The summed E-state index contributed by atoms with van der Waals surface area (Å²) in [6.45, 7) is 5.52. The number of aryl methyl sites for hydroxylation is 2. The normalized spacial score (nSPS) is 12.0. The predicted molar refractivity (Wildman–Crippen MR) is 83.7 cm³/mol. The molecular weight excluding hydrogens is 308 g/mol. The Morgan fingerprint density at radius 3 is 2.71 bits per heavy atom. The van der Waals surface area contributed by atoms with Crippen LogP contribution in [0.2, 0.25) is 0 Å². The van der Waals surface area contributed by atoms with Gasteiger partial charge in [0, 0.05) is 36.1 Å². The van der Waals surface area contributed by atoms with E-state index < -0.39 is 10.0 Å². The number of hydrogen-bond acceptors (Lipinski definition) is 5. The van der Waals surface area contributed by atoms with Crippen molar-refractivity contribution < 1.29 is 8.42 Å². The molecule has 0 bridgehead atoms. The molecule has 2 aromatic heterocycles. The van der Waals surface area contributed by atoms with Crippen LogP contribution in [0.4, 0.5) is 0 Å². The van der Waals surface area contributed by atoms with Crippen LogP contribution in [0.1, 0.15) is 22.5 Å². The molecule has 0 fully saturated rings. The number of nitrogens with zero attached hydrogens (tertiary/aromatic N) is 2. The van der Waals surface area contributed by atoms with E-state index in [4.69, 9.17) is 0 Å². The zero-order chi connectivity index (χ0) is 15.5. The zero-order valence-corrected chi connectivity index (χ0v) is 14.0. The van der Waals surface area contributed by atoms with Gasteiger partial charge in [-0.15, -0.1) is 11.3 Å². The third kappa shape index (κ3) is 3.91. The zero-order valence-electron chi connectivity index (χ0n) is 12.4. The van der Waals surface area contributed by atoms with Gasteiger partial charge in [-0.1, -0.05) is 0 Å². The Morgan fingerprint density at radius 2 is 2.14 bits per heavy atom. The van der Waals surface area contributed by atoms with Crippen LogP contribution in [0.25, 0.3) is 0 Å². The Morgan fingerprint density at radius 1 is 1.38 bits per heavy atom. The summed E-state index contributed by atoms with van der Waals surface area (Å²) in [6, 6.07) is 1.70. The highest BCUT2D eigenvalue weighted by Crippen LogP contribution is 2.16. The molecule has 0 aliphatic carbocycles. The topological polar surface area (TPSA) is 76.0 Å². The van der Waals surface area contributed by atoms with Crippen molar-refractivity contribution in [2.24, 2.45) is 0 Å². The summed E-state index contributed by atoms with van der Waals surface area (Å²) < 4.78 is 29.2. The number of hydrogen-bond donors (Lipinski definition) is 2. The standard InChI is InChI=1S/C13H20N4O2S2/c1-4-17-9-12(5-11(17)7-14-3)21(18,19)16-8-13-15-6-10(2)20-13/h5-6,9,14,16H,4,7-8H2,1-3H3. The van der Waals surface area contributed by atoms with Gasteiger partial charge in [0.05, 0.1) is 11.4 Å². The van der Waals surface area contributed by atoms with E-state index in [1.54, 1.807) is 18.5 Å². The first-order valence-electron chi connectivity index (χ1n) is 6.71. The minimum absolute atomic E-state index is 0.222. The fraction of sp³-hybridized carbons (Fsp3) is 0.462. The summed E-state index contributed by atoms with van der Waals surface area (Å²) in [5, 5.41) is 3.80. The van der Waals surface area contributed by atoms with Crippen molar-refractivity contribution in [1.29, 1.82) is 0 Å². The number of sulfonamides is 1. The van der Waals surface area contributed by atoms with Crippen LogP contribution in [-0.4, -0.2) is 25.0 Å². The van der Waals surface area contributed by atoms with Crippen LogP contribution < -0.4 is 10.0 Å². The van der Waals surface area contributed by atoms with Gasteiger partial charge in [-0.25, -0.2) is 18.1 Å². The molecule has 0 atom stereocenters. The van der Waals surface area contributed by atoms with Crippen LogP contribution in [0.15, 0.2) is 23.4 Å². The number of thiazole rings is 1. The maximum Gasteiger partial charge on any atom is 0.242 e. The lowest BCUT2D eigenvalue weighted by atomic mass is 10.4. The summed E-state index contributed by atoms with van der Waals surface area (Å²) in [5.74, 6) is 0. The highest BCUT2D eigenvalue weighted by atomic mass is 32.2. The first-order valence-corrected chi connectivity index (χ1v) is 9.01. The van der Waals surface area contributed by atoms with Crippen molar-refractivity contribution in [3.05, 3.63) is 34.0 Å². The minimum Gasteiger partial charge on any atom is -0.349 e. The lowest BCUT2D eigenvalue weighted by Crippen LogP contribution is -2.22. The van der Waals surface area contributed by atoms with E-state index in [9.17, 15) is 8.42 Å². The maximum atomic E-state index is 12.3. The minimum atomic E-state index is -3.51. The Bertz CT molecular complexity index is 704. The quantitative estimate of drug-likeness (QED) is 0.807. The van der Waals surface area contributed by atoms with E-state index in [0.29, 0.717) is 11.4 Å². The second-order valence-electron chi connectivity index (χ2n) is 4.67. The number of rotatable bonds is 7. The molecule has 0 spiro atoms. The summed E-state index contributed by atoms with van der Waals surface area (Å²) >= 11 is 1.49. The van der Waals surface area contributed by atoms with Crippen LogP contribution in [0.3, 0.4) is 0 Å². The van der Waals surface area contributed by atoms with Gasteiger partial charge >= 0.3 is 0 Å². The molecule has 8 heteroatoms. The first-order chi connectivity index (χ1) is 9.96. The fourth-order valence-electron chi connectivity index (χ4n) is 2.02. The van der Waals surface area contributed by atoms with Crippen molar-refractivity contribution in [3.63, 3.8) is 0 Å². The van der Waals surface area contributed by atoms with Crippen LogP contribution in [0, 0.1) is 6.92 Å². The van der Waals surface area contributed by atoms with Gasteiger partial charge in [-0.05, 0) is 27.0 Å². The molecule has 0 aromatic carbocycles. The van der Waals surface area contributed by atoms with E-state index in [1.165, 1.54) is 11.3 Å². The molecule has 0 saturated heterocycles. The molecule has 0 unspecified atom stereocenters. The second kappa shape index (κ2) is 6.69. The molecule has 0 radical (unpaired) electrons. The highest BCUT2D eigenvalue weighted by Gasteiger charge is 2.18. The summed E-state index contributed by atoms with van der Waals surface area (Å²) in [4.78, 5) is 5.52.